The minimum absolute atomic E-state index is 0.210. The van der Waals surface area contributed by atoms with Gasteiger partial charge in [-0.25, -0.2) is 4.79 Å². The van der Waals surface area contributed by atoms with Crippen LogP contribution in [0.4, 0.5) is 10.5 Å². The number of hydrogen-bond acceptors (Lipinski definition) is 3. The highest BCUT2D eigenvalue weighted by molar-refractivity contribution is 5.65. The Morgan fingerprint density at radius 2 is 1.76 bits per heavy atom. The van der Waals surface area contributed by atoms with Crippen LogP contribution in [0.25, 0.3) is 0 Å². The quantitative estimate of drug-likeness (QED) is 0.910. The van der Waals surface area contributed by atoms with Crippen molar-refractivity contribution in [1.82, 2.24) is 4.90 Å². The summed E-state index contributed by atoms with van der Waals surface area (Å²) >= 11 is 0. The molecule has 2 heterocycles. The molecule has 0 aromatic heterocycles. The molecule has 5 heteroatoms. The van der Waals surface area contributed by atoms with Gasteiger partial charge in [-0.05, 0) is 48.9 Å². The summed E-state index contributed by atoms with van der Waals surface area (Å²) < 4.78 is 5.19. The number of nitrogens with zero attached hydrogens (tertiary/aromatic N) is 2. The first-order chi connectivity index (χ1) is 10.1. The zero-order chi connectivity index (χ0) is 14.9. The van der Waals surface area contributed by atoms with Crippen molar-refractivity contribution in [3.05, 3.63) is 24.3 Å². The summed E-state index contributed by atoms with van der Waals surface area (Å²) in [6, 6.07) is 8.16. The summed E-state index contributed by atoms with van der Waals surface area (Å²) in [6.07, 6.45) is 2.38. The second-order valence-corrected chi connectivity index (χ2v) is 6.14. The molecule has 1 spiro atoms. The Bertz CT molecular complexity index is 507. The van der Waals surface area contributed by atoms with E-state index in [1.807, 2.05) is 12.1 Å². The van der Waals surface area contributed by atoms with Crippen LogP contribution in [-0.2, 0) is 0 Å². The minimum Gasteiger partial charge on any atom is -0.497 e. The molecule has 0 aliphatic carbocycles. The van der Waals surface area contributed by atoms with Crippen molar-refractivity contribution >= 4 is 11.8 Å². The van der Waals surface area contributed by atoms with Crippen molar-refractivity contribution in [3.63, 3.8) is 0 Å². The summed E-state index contributed by atoms with van der Waals surface area (Å²) in [5.41, 5.74) is 1.43. The van der Waals surface area contributed by atoms with Gasteiger partial charge in [0.25, 0.3) is 0 Å². The molecule has 1 N–H and O–H groups in total. The van der Waals surface area contributed by atoms with Crippen molar-refractivity contribution in [2.45, 2.75) is 19.3 Å². The minimum atomic E-state index is -0.774. The van der Waals surface area contributed by atoms with Gasteiger partial charge in [0, 0.05) is 31.9 Å². The van der Waals surface area contributed by atoms with Crippen molar-refractivity contribution in [3.8, 4) is 5.75 Å². The zero-order valence-electron chi connectivity index (χ0n) is 12.4. The van der Waals surface area contributed by atoms with Gasteiger partial charge in [-0.15, -0.1) is 0 Å². The van der Waals surface area contributed by atoms with Gasteiger partial charge in [0.05, 0.1) is 7.11 Å². The maximum absolute atomic E-state index is 11.1. The number of piperidine rings is 1. The summed E-state index contributed by atoms with van der Waals surface area (Å²) in [5, 5.41) is 9.11. The van der Waals surface area contributed by atoms with Crippen LogP contribution in [-0.4, -0.2) is 49.4 Å². The lowest BCUT2D eigenvalue weighted by atomic mass is 9.77. The van der Waals surface area contributed by atoms with Gasteiger partial charge in [0.1, 0.15) is 5.75 Å². The molecule has 3 rings (SSSR count). The van der Waals surface area contributed by atoms with Gasteiger partial charge in [-0.3, -0.25) is 0 Å². The molecule has 5 nitrogen and oxygen atoms in total. The van der Waals surface area contributed by atoms with E-state index in [1.54, 1.807) is 12.0 Å². The molecule has 2 saturated heterocycles. The number of methoxy groups -OCH3 is 1. The number of amides is 1. The van der Waals surface area contributed by atoms with Crippen LogP contribution in [0.5, 0.6) is 5.75 Å². The fourth-order valence-electron chi connectivity index (χ4n) is 3.54. The smallest absolute Gasteiger partial charge is 0.407 e. The summed E-state index contributed by atoms with van der Waals surface area (Å²) in [7, 11) is 1.67. The van der Waals surface area contributed by atoms with Gasteiger partial charge < -0.3 is 19.6 Å². The van der Waals surface area contributed by atoms with E-state index in [1.165, 1.54) is 5.69 Å². The van der Waals surface area contributed by atoms with Crippen molar-refractivity contribution < 1.29 is 14.6 Å². The Morgan fingerprint density at radius 1 is 1.14 bits per heavy atom. The fourth-order valence-corrected chi connectivity index (χ4v) is 3.54. The molecule has 2 fully saturated rings. The van der Waals surface area contributed by atoms with E-state index in [0.717, 1.165) is 38.1 Å². The summed E-state index contributed by atoms with van der Waals surface area (Å²) in [6.45, 7) is 3.40. The van der Waals surface area contributed by atoms with Crippen LogP contribution in [0.15, 0.2) is 24.3 Å². The van der Waals surface area contributed by atoms with E-state index in [0.29, 0.717) is 13.1 Å². The van der Waals surface area contributed by atoms with Crippen LogP contribution in [0.1, 0.15) is 19.3 Å². The number of hydrogen-bond donors (Lipinski definition) is 1. The summed E-state index contributed by atoms with van der Waals surface area (Å²) in [4.78, 5) is 15.0. The van der Waals surface area contributed by atoms with Gasteiger partial charge in [-0.2, -0.15) is 0 Å². The second-order valence-electron chi connectivity index (χ2n) is 6.14. The van der Waals surface area contributed by atoms with E-state index in [9.17, 15) is 4.79 Å². The third-order valence-corrected chi connectivity index (χ3v) is 4.97. The second kappa shape index (κ2) is 5.47. The van der Waals surface area contributed by atoms with Crippen molar-refractivity contribution in [1.29, 1.82) is 0 Å². The molecular formula is C16H22N2O3. The first kappa shape index (κ1) is 14.0. The van der Waals surface area contributed by atoms with Crippen LogP contribution >= 0.6 is 0 Å². The van der Waals surface area contributed by atoms with Gasteiger partial charge in [0.2, 0.25) is 0 Å². The zero-order valence-corrected chi connectivity index (χ0v) is 12.4. The number of anilines is 1. The van der Waals surface area contributed by atoms with E-state index in [-0.39, 0.29) is 5.41 Å². The Kier molecular flexibility index (Phi) is 3.66. The molecule has 0 saturated carbocycles. The molecule has 1 aromatic rings. The average molecular weight is 290 g/mol. The largest absolute Gasteiger partial charge is 0.497 e. The number of carboxylic acid groups (broad SMARTS) is 1. The van der Waals surface area contributed by atoms with Crippen LogP contribution in [0, 0.1) is 5.41 Å². The lowest BCUT2D eigenvalue weighted by Gasteiger charge is -2.40. The summed E-state index contributed by atoms with van der Waals surface area (Å²) in [5.74, 6) is 0.875. The molecule has 0 atom stereocenters. The number of ether oxygens (including phenoxy) is 1. The molecule has 2 aliphatic rings. The molecule has 0 radical (unpaired) electrons. The highest BCUT2D eigenvalue weighted by Gasteiger charge is 2.42. The Labute approximate surface area is 125 Å². The topological polar surface area (TPSA) is 53.0 Å². The van der Waals surface area contributed by atoms with E-state index in [2.05, 4.69) is 17.0 Å². The maximum atomic E-state index is 11.1. The Hall–Kier alpha value is -1.91. The van der Waals surface area contributed by atoms with Crippen molar-refractivity contribution in [2.75, 3.05) is 38.2 Å². The third-order valence-electron chi connectivity index (χ3n) is 4.97. The molecule has 0 unspecified atom stereocenters. The molecule has 114 valence electrons. The molecular weight excluding hydrogens is 268 g/mol. The van der Waals surface area contributed by atoms with Gasteiger partial charge in [-0.1, -0.05) is 0 Å². The first-order valence-corrected chi connectivity index (χ1v) is 7.49. The lowest BCUT2D eigenvalue weighted by molar-refractivity contribution is 0.144. The van der Waals surface area contributed by atoms with E-state index in [4.69, 9.17) is 9.84 Å². The van der Waals surface area contributed by atoms with Gasteiger partial charge in [0.15, 0.2) is 0 Å². The number of rotatable bonds is 2. The number of benzene rings is 1. The fraction of sp³-hybridized carbons (Fsp3) is 0.562. The molecule has 1 aromatic carbocycles. The van der Waals surface area contributed by atoms with Crippen molar-refractivity contribution in [2.24, 2.45) is 5.41 Å². The predicted molar refractivity (Wildman–Crippen MR) is 81.1 cm³/mol. The third kappa shape index (κ3) is 2.77. The monoisotopic (exact) mass is 290 g/mol. The molecule has 21 heavy (non-hydrogen) atoms. The Morgan fingerprint density at radius 3 is 2.29 bits per heavy atom. The van der Waals surface area contributed by atoms with E-state index >= 15 is 0 Å². The van der Waals surface area contributed by atoms with Crippen LogP contribution in [0.3, 0.4) is 0 Å². The molecule has 0 bridgehead atoms. The van der Waals surface area contributed by atoms with Gasteiger partial charge >= 0.3 is 6.09 Å². The number of likely N-dealkylation sites (tertiary alicyclic amines) is 1. The maximum Gasteiger partial charge on any atom is 0.407 e. The predicted octanol–water partition coefficient (Wildman–Crippen LogP) is 2.67. The normalized spacial score (nSPS) is 20.8. The Balaban J connectivity index is 1.61. The highest BCUT2D eigenvalue weighted by atomic mass is 16.5. The standard InChI is InChI=1S/C16H22N2O3/c1-21-14-4-2-13(3-5-14)17-9-6-16(7-10-17)8-11-18(12-16)15(19)20/h2-5H,6-12H2,1H3,(H,19,20). The van der Waals surface area contributed by atoms with E-state index < -0.39 is 6.09 Å². The first-order valence-electron chi connectivity index (χ1n) is 7.49. The lowest BCUT2D eigenvalue weighted by Crippen LogP contribution is -2.42. The molecule has 2 aliphatic heterocycles. The average Bonchev–Trinajstić information content (AvgIpc) is 2.92. The SMILES string of the molecule is COc1ccc(N2CCC3(CCN(C(=O)O)C3)CC2)cc1. The van der Waals surface area contributed by atoms with Crippen LogP contribution < -0.4 is 9.64 Å². The highest BCUT2D eigenvalue weighted by Crippen LogP contribution is 2.41. The number of carbonyl (C=O) groups is 1. The molecule has 1 amide bonds. The van der Waals surface area contributed by atoms with Crippen LogP contribution in [0.2, 0.25) is 0 Å².